The van der Waals surface area contributed by atoms with Crippen LogP contribution >= 0.6 is 11.3 Å². The number of thiophene rings is 1. The fraction of sp³-hybridized carbons (Fsp3) is 0.150. The maximum Gasteiger partial charge on any atom is 0.177 e. The van der Waals surface area contributed by atoms with Crippen LogP contribution in [0.2, 0.25) is 0 Å². The number of ether oxygens (including phenoxy) is 1. The maximum absolute atomic E-state index is 12.6. The van der Waals surface area contributed by atoms with Crippen molar-refractivity contribution < 1.29 is 9.53 Å². The van der Waals surface area contributed by atoms with Gasteiger partial charge in [0.25, 0.3) is 0 Å². The second-order valence-corrected chi connectivity index (χ2v) is 6.70. The first-order valence-corrected chi connectivity index (χ1v) is 8.55. The zero-order chi connectivity index (χ0) is 15.6. The predicted octanol–water partition coefficient (Wildman–Crippen LogP) is 4.78. The van der Waals surface area contributed by atoms with Crippen LogP contribution in [0.25, 0.3) is 10.4 Å². The number of carbonyl (C=O) groups is 1. The summed E-state index contributed by atoms with van der Waals surface area (Å²) in [5.41, 5.74) is 3.38. The molecule has 0 bridgehead atoms. The largest absolute Gasteiger partial charge is 0.493 e. The zero-order valence-electron chi connectivity index (χ0n) is 12.6. The van der Waals surface area contributed by atoms with Crippen LogP contribution in [0.1, 0.15) is 20.8 Å². The lowest BCUT2D eigenvalue weighted by Gasteiger charge is -2.05. The molecule has 0 radical (unpaired) electrons. The monoisotopic (exact) mass is 320 g/mol. The highest BCUT2D eigenvalue weighted by atomic mass is 32.1. The van der Waals surface area contributed by atoms with E-state index < -0.39 is 0 Å². The van der Waals surface area contributed by atoms with Crippen LogP contribution in [0.5, 0.6) is 5.75 Å². The molecule has 1 aliphatic heterocycles. The third-order valence-corrected chi connectivity index (χ3v) is 5.30. The van der Waals surface area contributed by atoms with E-state index in [0.717, 1.165) is 28.2 Å². The Morgan fingerprint density at radius 2 is 1.83 bits per heavy atom. The molecule has 0 aliphatic carbocycles. The quantitative estimate of drug-likeness (QED) is 0.649. The fourth-order valence-electron chi connectivity index (χ4n) is 2.90. The summed E-state index contributed by atoms with van der Waals surface area (Å²) in [6.07, 6.45) is 1.30. The molecule has 0 atom stereocenters. The van der Waals surface area contributed by atoms with Crippen LogP contribution in [0.15, 0.2) is 60.7 Å². The first kappa shape index (κ1) is 14.2. The van der Waals surface area contributed by atoms with E-state index in [4.69, 9.17) is 4.74 Å². The summed E-state index contributed by atoms with van der Waals surface area (Å²) in [5.74, 6) is 1.10. The Kier molecular flexibility index (Phi) is 3.72. The fourth-order valence-corrected chi connectivity index (χ4v) is 4.08. The normalized spacial score (nSPS) is 12.7. The minimum atomic E-state index is 0.188. The Labute approximate surface area is 139 Å². The molecule has 0 N–H and O–H groups in total. The highest BCUT2D eigenvalue weighted by Gasteiger charge is 2.20. The molecule has 0 spiro atoms. The van der Waals surface area contributed by atoms with E-state index in [1.54, 1.807) is 11.3 Å². The molecular weight excluding hydrogens is 304 g/mol. The summed E-state index contributed by atoms with van der Waals surface area (Å²) in [6, 6.07) is 20.0. The molecule has 114 valence electrons. The van der Waals surface area contributed by atoms with Crippen molar-refractivity contribution in [3.63, 3.8) is 0 Å². The number of hydrogen-bond acceptors (Lipinski definition) is 3. The molecule has 1 aromatic heterocycles. The van der Waals surface area contributed by atoms with Crippen LogP contribution in [-0.2, 0) is 12.8 Å². The number of fused-ring (bicyclic) bond motifs is 3. The molecule has 3 heteroatoms. The van der Waals surface area contributed by atoms with E-state index in [1.165, 1.54) is 10.4 Å². The average Bonchev–Trinajstić information content (AvgIpc) is 2.93. The van der Waals surface area contributed by atoms with Crippen molar-refractivity contribution in [2.45, 2.75) is 12.8 Å². The minimum Gasteiger partial charge on any atom is -0.493 e. The van der Waals surface area contributed by atoms with Gasteiger partial charge in [-0.2, -0.15) is 0 Å². The van der Waals surface area contributed by atoms with Crippen molar-refractivity contribution in [3.8, 4) is 16.2 Å². The van der Waals surface area contributed by atoms with Gasteiger partial charge in [0.2, 0.25) is 0 Å². The summed E-state index contributed by atoms with van der Waals surface area (Å²) in [4.78, 5) is 14.6. The van der Waals surface area contributed by atoms with Gasteiger partial charge in [-0.05, 0) is 29.3 Å². The highest BCUT2D eigenvalue weighted by molar-refractivity contribution is 7.17. The lowest BCUT2D eigenvalue weighted by molar-refractivity contribution is 0.0996. The van der Waals surface area contributed by atoms with E-state index in [-0.39, 0.29) is 5.78 Å². The molecule has 3 aromatic rings. The van der Waals surface area contributed by atoms with Crippen molar-refractivity contribution in [3.05, 3.63) is 76.7 Å². The lowest BCUT2D eigenvalue weighted by atomic mass is 10.1. The van der Waals surface area contributed by atoms with Crippen LogP contribution in [0.3, 0.4) is 0 Å². The number of para-hydroxylation sites is 1. The Hall–Kier alpha value is -2.39. The first-order valence-electron chi connectivity index (χ1n) is 7.73. The number of benzene rings is 2. The van der Waals surface area contributed by atoms with Gasteiger partial charge in [-0.15, -0.1) is 11.3 Å². The summed E-state index contributed by atoms with van der Waals surface area (Å²) in [6.45, 7) is 0.660. The molecule has 0 saturated heterocycles. The number of carbonyl (C=O) groups excluding carboxylic acids is 1. The van der Waals surface area contributed by atoms with Crippen LogP contribution < -0.4 is 4.74 Å². The summed E-state index contributed by atoms with van der Waals surface area (Å²) >= 11 is 1.59. The predicted molar refractivity (Wildman–Crippen MR) is 93.4 cm³/mol. The Morgan fingerprint density at radius 3 is 2.70 bits per heavy atom. The zero-order valence-corrected chi connectivity index (χ0v) is 13.4. The van der Waals surface area contributed by atoms with Crippen LogP contribution in [-0.4, -0.2) is 12.4 Å². The van der Waals surface area contributed by atoms with Crippen LogP contribution in [0, 0.1) is 0 Å². The van der Waals surface area contributed by atoms with E-state index >= 15 is 0 Å². The first-order chi connectivity index (χ1) is 11.3. The third-order valence-electron chi connectivity index (χ3n) is 4.05. The van der Waals surface area contributed by atoms with E-state index in [1.807, 2.05) is 48.5 Å². The lowest BCUT2D eigenvalue weighted by Crippen LogP contribution is -2.01. The third kappa shape index (κ3) is 2.80. The van der Waals surface area contributed by atoms with E-state index in [2.05, 4.69) is 12.1 Å². The van der Waals surface area contributed by atoms with Gasteiger partial charge in [0.1, 0.15) is 5.75 Å². The molecule has 4 rings (SSSR count). The van der Waals surface area contributed by atoms with Gasteiger partial charge in [-0.1, -0.05) is 42.5 Å². The summed E-state index contributed by atoms with van der Waals surface area (Å²) < 4.78 is 5.81. The molecule has 23 heavy (non-hydrogen) atoms. The second-order valence-electron chi connectivity index (χ2n) is 5.65. The smallest absolute Gasteiger partial charge is 0.177 e. The van der Waals surface area contributed by atoms with E-state index in [9.17, 15) is 4.79 Å². The molecule has 1 aliphatic rings. The summed E-state index contributed by atoms with van der Waals surface area (Å²) in [7, 11) is 0. The molecule has 0 amide bonds. The number of rotatable bonds is 3. The van der Waals surface area contributed by atoms with Gasteiger partial charge in [0.15, 0.2) is 5.78 Å². The number of Topliss-reactive ketones (excluding diaryl/α,β-unsaturated/α-hetero) is 1. The van der Waals surface area contributed by atoms with Gasteiger partial charge in [-0.3, -0.25) is 4.79 Å². The number of ketones is 1. The minimum absolute atomic E-state index is 0.188. The van der Waals surface area contributed by atoms with Gasteiger partial charge >= 0.3 is 0 Å². The molecule has 0 unspecified atom stereocenters. The molecule has 2 nitrogen and oxygen atoms in total. The molecule has 2 aromatic carbocycles. The number of hydrogen-bond donors (Lipinski definition) is 0. The molecular formula is C20H16O2S. The topological polar surface area (TPSA) is 26.3 Å². The van der Waals surface area contributed by atoms with Crippen LogP contribution in [0.4, 0.5) is 0 Å². The van der Waals surface area contributed by atoms with Gasteiger partial charge < -0.3 is 4.74 Å². The Bertz CT molecular complexity index is 849. The Morgan fingerprint density at radius 1 is 1.04 bits per heavy atom. The van der Waals surface area contributed by atoms with Gasteiger partial charge in [0.05, 0.1) is 11.5 Å². The molecule has 0 fully saturated rings. The second kappa shape index (κ2) is 6.01. The molecule has 0 saturated carbocycles. The Balaban J connectivity index is 1.68. The highest BCUT2D eigenvalue weighted by Crippen LogP contribution is 2.40. The maximum atomic E-state index is 12.6. The van der Waals surface area contributed by atoms with Gasteiger partial charge in [-0.25, -0.2) is 0 Å². The summed E-state index contributed by atoms with van der Waals surface area (Å²) in [5, 5.41) is 0. The molecule has 2 heterocycles. The van der Waals surface area contributed by atoms with Crippen molar-refractivity contribution in [2.75, 3.05) is 6.61 Å². The van der Waals surface area contributed by atoms with E-state index in [0.29, 0.717) is 13.0 Å². The standard InChI is InChI=1S/C20H16O2S/c21-17(12-14-6-2-1-3-7-14)19-13-15-10-11-22-18-9-5-4-8-16(18)20(15)23-19/h1-9,13H,10-12H2. The van der Waals surface area contributed by atoms with Crippen molar-refractivity contribution in [1.29, 1.82) is 0 Å². The van der Waals surface area contributed by atoms with Crippen molar-refractivity contribution >= 4 is 17.1 Å². The van der Waals surface area contributed by atoms with Crippen molar-refractivity contribution in [1.82, 2.24) is 0 Å². The van der Waals surface area contributed by atoms with Gasteiger partial charge in [0, 0.05) is 23.3 Å². The average molecular weight is 320 g/mol. The van der Waals surface area contributed by atoms with Crippen molar-refractivity contribution in [2.24, 2.45) is 0 Å². The SMILES string of the molecule is O=C(Cc1ccccc1)c1cc2c(s1)-c1ccccc1OCC2.